The van der Waals surface area contributed by atoms with E-state index in [1.807, 2.05) is 74.8 Å². The number of hydrogen-bond acceptors (Lipinski definition) is 4. The van der Waals surface area contributed by atoms with Crippen molar-refractivity contribution in [2.24, 2.45) is 0 Å². The fourth-order valence-corrected chi connectivity index (χ4v) is 2.95. The van der Waals surface area contributed by atoms with Crippen molar-refractivity contribution in [2.75, 3.05) is 27.2 Å². The average molecular weight is 393 g/mol. The second-order valence-electron chi connectivity index (χ2n) is 7.18. The van der Waals surface area contributed by atoms with E-state index in [2.05, 4.69) is 15.3 Å². The van der Waals surface area contributed by atoms with Crippen LogP contribution in [-0.4, -0.2) is 47.8 Å². The van der Waals surface area contributed by atoms with Crippen LogP contribution in [0.15, 0.2) is 66.7 Å². The molecule has 0 saturated carbocycles. The summed E-state index contributed by atoms with van der Waals surface area (Å²) in [7, 11) is 4.06. The molecule has 0 spiro atoms. The van der Waals surface area contributed by atoms with Gasteiger partial charge in [0.2, 0.25) is 5.88 Å². The molecular weight excluding hydrogens is 364 g/mol. The number of carbonyl (C=O) groups excluding carboxylic acids is 1. The highest BCUT2D eigenvalue weighted by Crippen LogP contribution is 2.15. The van der Waals surface area contributed by atoms with Gasteiger partial charge in [0.15, 0.2) is 0 Å². The van der Waals surface area contributed by atoms with Crippen molar-refractivity contribution in [3.8, 4) is 5.88 Å². The first-order valence-electron chi connectivity index (χ1n) is 9.83. The summed E-state index contributed by atoms with van der Waals surface area (Å²) in [5.74, 6) is 0.310. The van der Waals surface area contributed by atoms with Crippen LogP contribution in [0.5, 0.6) is 5.88 Å². The molecule has 0 radical (unpaired) electrons. The lowest BCUT2D eigenvalue weighted by Gasteiger charge is -2.09. The van der Waals surface area contributed by atoms with E-state index in [0.717, 1.165) is 24.1 Å². The molecule has 29 heavy (non-hydrogen) atoms. The van der Waals surface area contributed by atoms with Gasteiger partial charge in [-0.25, -0.2) is 0 Å². The molecule has 1 amide bonds. The Morgan fingerprint density at radius 1 is 1.03 bits per heavy atom. The monoisotopic (exact) mass is 392 g/mol. The Balaban J connectivity index is 1.70. The van der Waals surface area contributed by atoms with E-state index in [-0.39, 0.29) is 5.91 Å². The molecule has 0 atom stereocenters. The Hall–Kier alpha value is -3.12. The molecule has 0 unspecified atom stereocenters. The topological polar surface area (TPSA) is 59.4 Å². The van der Waals surface area contributed by atoms with Gasteiger partial charge in [0.05, 0.1) is 13.2 Å². The SMILES string of the molecule is CN(C)CCCOc1cc(C(=O)NCc2ccccc2)n(Cc2ccccc2)n1. The Labute approximate surface area is 172 Å². The minimum absolute atomic E-state index is 0.166. The number of nitrogens with zero attached hydrogens (tertiary/aromatic N) is 3. The van der Waals surface area contributed by atoms with E-state index < -0.39 is 0 Å². The minimum atomic E-state index is -0.166. The standard InChI is InChI=1S/C23H28N4O2/c1-26(2)14-9-15-29-22-16-21(23(28)24-17-19-10-5-3-6-11-19)27(25-22)18-20-12-7-4-8-13-20/h3-8,10-13,16H,9,14-15,17-18H2,1-2H3,(H,24,28). The molecule has 3 aromatic rings. The Kier molecular flexibility index (Phi) is 7.41. The van der Waals surface area contributed by atoms with Gasteiger partial charge in [-0.15, -0.1) is 5.10 Å². The number of benzene rings is 2. The van der Waals surface area contributed by atoms with Crippen LogP contribution in [0.1, 0.15) is 28.0 Å². The van der Waals surface area contributed by atoms with Gasteiger partial charge in [0, 0.05) is 19.2 Å². The maximum Gasteiger partial charge on any atom is 0.269 e. The maximum atomic E-state index is 12.8. The smallest absolute Gasteiger partial charge is 0.269 e. The predicted octanol–water partition coefficient (Wildman–Crippen LogP) is 3.19. The fourth-order valence-electron chi connectivity index (χ4n) is 2.95. The second kappa shape index (κ2) is 10.4. The summed E-state index contributed by atoms with van der Waals surface area (Å²) in [5, 5.41) is 7.49. The van der Waals surface area contributed by atoms with E-state index in [1.165, 1.54) is 0 Å². The van der Waals surface area contributed by atoms with Gasteiger partial charge in [-0.05, 0) is 31.6 Å². The van der Waals surface area contributed by atoms with Crippen molar-refractivity contribution < 1.29 is 9.53 Å². The summed E-state index contributed by atoms with van der Waals surface area (Å²) in [6.45, 7) is 2.48. The maximum absolute atomic E-state index is 12.8. The van der Waals surface area contributed by atoms with Crippen molar-refractivity contribution in [3.05, 3.63) is 83.6 Å². The molecule has 0 fully saturated rings. The summed E-state index contributed by atoms with van der Waals surface area (Å²) < 4.78 is 7.50. The van der Waals surface area contributed by atoms with Crippen molar-refractivity contribution >= 4 is 5.91 Å². The van der Waals surface area contributed by atoms with Gasteiger partial charge in [-0.3, -0.25) is 9.48 Å². The van der Waals surface area contributed by atoms with Crippen LogP contribution in [-0.2, 0) is 13.1 Å². The third-order valence-electron chi connectivity index (χ3n) is 4.46. The lowest BCUT2D eigenvalue weighted by atomic mass is 10.2. The second-order valence-corrected chi connectivity index (χ2v) is 7.18. The largest absolute Gasteiger partial charge is 0.477 e. The number of carbonyl (C=O) groups is 1. The summed E-state index contributed by atoms with van der Waals surface area (Å²) in [6, 6.07) is 21.5. The van der Waals surface area contributed by atoms with Crippen molar-refractivity contribution in [2.45, 2.75) is 19.5 Å². The molecule has 1 heterocycles. The molecular formula is C23H28N4O2. The number of aromatic nitrogens is 2. The van der Waals surface area contributed by atoms with Gasteiger partial charge >= 0.3 is 0 Å². The first-order valence-corrected chi connectivity index (χ1v) is 9.83. The van der Waals surface area contributed by atoms with Crippen LogP contribution in [0, 0.1) is 0 Å². The zero-order valence-corrected chi connectivity index (χ0v) is 17.0. The number of ether oxygens (including phenoxy) is 1. The van der Waals surface area contributed by atoms with Gasteiger partial charge < -0.3 is 15.0 Å². The highest BCUT2D eigenvalue weighted by Gasteiger charge is 2.16. The summed E-state index contributed by atoms with van der Waals surface area (Å²) in [6.07, 6.45) is 0.897. The Morgan fingerprint density at radius 3 is 2.34 bits per heavy atom. The van der Waals surface area contributed by atoms with Crippen molar-refractivity contribution in [3.63, 3.8) is 0 Å². The number of rotatable bonds is 10. The third-order valence-corrected chi connectivity index (χ3v) is 4.46. The molecule has 0 aliphatic heterocycles. The van der Waals surface area contributed by atoms with Crippen molar-refractivity contribution in [1.82, 2.24) is 20.0 Å². The Morgan fingerprint density at radius 2 is 1.69 bits per heavy atom. The van der Waals surface area contributed by atoms with Crippen LogP contribution in [0.3, 0.4) is 0 Å². The minimum Gasteiger partial charge on any atom is -0.477 e. The van der Waals surface area contributed by atoms with Gasteiger partial charge in [0.25, 0.3) is 5.91 Å². The molecule has 152 valence electrons. The lowest BCUT2D eigenvalue weighted by Crippen LogP contribution is -2.26. The Bertz CT molecular complexity index is 892. The highest BCUT2D eigenvalue weighted by molar-refractivity contribution is 5.92. The zero-order chi connectivity index (χ0) is 20.5. The molecule has 0 aliphatic carbocycles. The van der Waals surface area contributed by atoms with Crippen LogP contribution in [0.2, 0.25) is 0 Å². The molecule has 1 N–H and O–H groups in total. The highest BCUT2D eigenvalue weighted by atomic mass is 16.5. The van der Waals surface area contributed by atoms with Gasteiger partial charge in [-0.1, -0.05) is 60.7 Å². The van der Waals surface area contributed by atoms with Crippen LogP contribution in [0.4, 0.5) is 0 Å². The van der Waals surface area contributed by atoms with E-state index in [1.54, 1.807) is 10.7 Å². The van der Waals surface area contributed by atoms with Crippen LogP contribution < -0.4 is 10.1 Å². The normalized spacial score (nSPS) is 10.9. The summed E-state index contributed by atoms with van der Waals surface area (Å²) in [5.41, 5.74) is 2.62. The molecule has 6 nitrogen and oxygen atoms in total. The van der Waals surface area contributed by atoms with E-state index >= 15 is 0 Å². The quantitative estimate of drug-likeness (QED) is 0.539. The molecule has 6 heteroatoms. The molecule has 2 aromatic carbocycles. The van der Waals surface area contributed by atoms with Crippen LogP contribution >= 0.6 is 0 Å². The molecule has 1 aromatic heterocycles. The molecule has 0 bridgehead atoms. The van der Waals surface area contributed by atoms with E-state index in [0.29, 0.717) is 31.3 Å². The van der Waals surface area contributed by atoms with Gasteiger partial charge in [-0.2, -0.15) is 0 Å². The molecule has 0 saturated heterocycles. The number of nitrogens with one attached hydrogen (secondary N) is 1. The van der Waals surface area contributed by atoms with Gasteiger partial charge in [0.1, 0.15) is 5.69 Å². The average Bonchev–Trinajstić information content (AvgIpc) is 3.13. The first kappa shape index (κ1) is 20.6. The number of hydrogen-bond donors (Lipinski definition) is 1. The first-order chi connectivity index (χ1) is 14.1. The van der Waals surface area contributed by atoms with E-state index in [9.17, 15) is 4.79 Å². The molecule has 0 aliphatic rings. The lowest BCUT2D eigenvalue weighted by molar-refractivity contribution is 0.0940. The van der Waals surface area contributed by atoms with E-state index in [4.69, 9.17) is 4.74 Å². The number of amides is 1. The predicted molar refractivity (Wildman–Crippen MR) is 114 cm³/mol. The molecule has 3 rings (SSSR count). The fraction of sp³-hybridized carbons (Fsp3) is 0.304. The van der Waals surface area contributed by atoms with Crippen molar-refractivity contribution in [1.29, 1.82) is 0 Å². The zero-order valence-electron chi connectivity index (χ0n) is 17.0. The third kappa shape index (κ3) is 6.47. The van der Waals surface area contributed by atoms with Crippen LogP contribution in [0.25, 0.3) is 0 Å². The summed E-state index contributed by atoms with van der Waals surface area (Å²) >= 11 is 0. The summed E-state index contributed by atoms with van der Waals surface area (Å²) in [4.78, 5) is 14.9.